The first kappa shape index (κ1) is 9.91. The number of allylic oxidation sites excluding steroid dienone is 1. The van der Waals surface area contributed by atoms with E-state index in [9.17, 15) is 0 Å². The van der Waals surface area contributed by atoms with Crippen LogP contribution in [0, 0.1) is 6.58 Å². The van der Waals surface area contributed by atoms with Crippen LogP contribution in [0.2, 0.25) is 0 Å². The normalized spacial score (nSPS) is 5.17. The molecule has 0 aliphatic carbocycles. The average molecular weight is 155 g/mol. The van der Waals surface area contributed by atoms with E-state index in [2.05, 4.69) is 17.0 Å². The van der Waals surface area contributed by atoms with Gasteiger partial charge in [-0.05, 0) is 0 Å². The van der Waals surface area contributed by atoms with E-state index in [1.165, 1.54) is 0 Å². The third-order valence-electron chi connectivity index (χ3n) is 0.241. The van der Waals surface area contributed by atoms with Crippen LogP contribution in [-0.2, 0) is 35.5 Å². The van der Waals surface area contributed by atoms with Crippen molar-refractivity contribution in [3.8, 4) is 0 Å². The Kier molecular flexibility index (Phi) is 15.3. The summed E-state index contributed by atoms with van der Waals surface area (Å²) in [6.45, 7) is 4.97. The van der Waals surface area contributed by atoms with Crippen LogP contribution < -0.4 is 0 Å². The summed E-state index contributed by atoms with van der Waals surface area (Å²) in [5, 5.41) is 0. The Morgan fingerprint density at radius 2 is 2.17 bits per heavy atom. The fourth-order valence-corrected chi connectivity index (χ4v) is 0.251. The topological polar surface area (TPSA) is 0 Å². The molecule has 0 saturated heterocycles. The minimum Gasteiger partial charge on any atom is 0 e. The third kappa shape index (κ3) is 8.84. The van der Waals surface area contributed by atoms with E-state index >= 15 is 0 Å². The summed E-state index contributed by atoms with van der Waals surface area (Å²) >= 11 is 2.34. The Morgan fingerprint density at radius 3 is 2.17 bits per heavy atom. The first-order valence-corrected chi connectivity index (χ1v) is 2.21. The molecule has 6 heavy (non-hydrogen) atoms. The van der Waals surface area contributed by atoms with Gasteiger partial charge in [-0.2, -0.15) is 0 Å². The molecule has 0 aromatic heterocycles. The van der Waals surface area contributed by atoms with E-state index in [1.807, 2.05) is 4.73 Å². The molecule has 32 valence electrons. The van der Waals surface area contributed by atoms with Crippen molar-refractivity contribution in [3.05, 3.63) is 12.7 Å². The van der Waals surface area contributed by atoms with Crippen LogP contribution in [0.3, 0.4) is 0 Å². The second-order valence-electron chi connectivity index (χ2n) is 0.654. The molecule has 0 fully saturated rings. The van der Waals surface area contributed by atoms with Gasteiger partial charge in [0.25, 0.3) is 0 Å². The van der Waals surface area contributed by atoms with Gasteiger partial charge in [0.05, 0.1) is 0 Å². The first-order chi connectivity index (χ1) is 2.41. The fraction of sp³-hybridized carbons (Fsp3) is 0.250. The molecule has 0 saturated carbocycles. The van der Waals surface area contributed by atoms with Crippen LogP contribution >= 0.6 is 0 Å². The minimum absolute atomic E-state index is 0. The molecule has 0 amide bonds. The molecule has 0 aromatic rings. The third-order valence-corrected chi connectivity index (χ3v) is 0.571. The molecule has 0 rings (SSSR count). The molecule has 0 aromatic carbocycles. The van der Waals surface area contributed by atoms with Crippen molar-refractivity contribution >= 4 is 4.73 Å². The van der Waals surface area contributed by atoms with E-state index in [0.717, 1.165) is 6.42 Å². The molecule has 0 heterocycles. The zero-order valence-corrected chi connectivity index (χ0v) is 6.13. The molecule has 1 radical (unpaired) electrons. The van der Waals surface area contributed by atoms with Gasteiger partial charge in [-0.1, -0.05) is 0 Å². The molecule has 0 aliphatic heterocycles. The van der Waals surface area contributed by atoms with Crippen molar-refractivity contribution in [2.45, 2.75) is 6.42 Å². The summed E-state index contributed by atoms with van der Waals surface area (Å²) in [6, 6.07) is 0. The SMILES string of the molecule is [CH-]=CC[CH]=[V].[V]. The standard InChI is InChI=1S/C4H5.2V/c1-3-4-2;;/h1-3H,4H2;;/q-1;;. The van der Waals surface area contributed by atoms with Gasteiger partial charge in [0, 0.05) is 18.6 Å². The second kappa shape index (κ2) is 9.24. The van der Waals surface area contributed by atoms with Crippen molar-refractivity contribution in [2.75, 3.05) is 0 Å². The molecule has 0 nitrogen and oxygen atoms in total. The smallest absolute Gasteiger partial charge is 0 e. The van der Waals surface area contributed by atoms with Gasteiger partial charge < -0.3 is 0 Å². The molecule has 0 spiro atoms. The van der Waals surface area contributed by atoms with Gasteiger partial charge >= 0.3 is 40.8 Å². The van der Waals surface area contributed by atoms with Gasteiger partial charge in [-0.3, -0.25) is 0 Å². The van der Waals surface area contributed by atoms with Crippen molar-refractivity contribution in [3.63, 3.8) is 0 Å². The van der Waals surface area contributed by atoms with Crippen LogP contribution in [-0.4, -0.2) is 4.73 Å². The molecule has 2 heteroatoms. The van der Waals surface area contributed by atoms with Crippen molar-refractivity contribution in [1.29, 1.82) is 0 Å². The average Bonchev–Trinajstić information content (AvgIpc) is 1.41. The quantitative estimate of drug-likeness (QED) is 0.515. The van der Waals surface area contributed by atoms with Crippen LogP contribution in [0.15, 0.2) is 6.08 Å². The molecule has 0 aliphatic rings. The maximum absolute atomic E-state index is 4.97. The van der Waals surface area contributed by atoms with Crippen LogP contribution in [0.4, 0.5) is 0 Å². The van der Waals surface area contributed by atoms with Crippen molar-refractivity contribution < 1.29 is 35.5 Å². The van der Waals surface area contributed by atoms with Gasteiger partial charge in [-0.15, -0.1) is 0 Å². The summed E-state index contributed by atoms with van der Waals surface area (Å²) in [5.74, 6) is 0. The van der Waals surface area contributed by atoms with Gasteiger partial charge in [-0.25, -0.2) is 0 Å². The Bertz CT molecular complexity index is 34.8. The van der Waals surface area contributed by atoms with Gasteiger partial charge in [0.15, 0.2) is 0 Å². The van der Waals surface area contributed by atoms with Crippen LogP contribution in [0.25, 0.3) is 0 Å². The maximum Gasteiger partial charge on any atom is 0 e. The number of rotatable bonds is 2. The predicted octanol–water partition coefficient (Wildman–Crippen LogP) is 0.712. The zero-order chi connectivity index (χ0) is 4.12. The predicted molar refractivity (Wildman–Crippen MR) is 19.6 cm³/mol. The first-order valence-electron chi connectivity index (χ1n) is 1.41. The van der Waals surface area contributed by atoms with E-state index in [-0.39, 0.29) is 18.6 Å². The Hall–Kier alpha value is 0.779. The largest absolute Gasteiger partial charge is 0 e. The van der Waals surface area contributed by atoms with Crippen molar-refractivity contribution in [1.82, 2.24) is 0 Å². The van der Waals surface area contributed by atoms with Crippen LogP contribution in [0.1, 0.15) is 6.42 Å². The molecule has 0 unspecified atom stereocenters. The molecular weight excluding hydrogens is 150 g/mol. The number of hydrogen-bond acceptors (Lipinski definition) is 0. The number of hydrogen-bond donors (Lipinski definition) is 0. The van der Waals surface area contributed by atoms with Crippen molar-refractivity contribution in [2.24, 2.45) is 0 Å². The molecule has 0 atom stereocenters. The fourth-order valence-electron chi connectivity index (χ4n) is 0.0609. The molecular formula is C4H5V2-. The summed E-state index contributed by atoms with van der Waals surface area (Å²) in [7, 11) is 0. The van der Waals surface area contributed by atoms with E-state index in [1.54, 1.807) is 6.08 Å². The van der Waals surface area contributed by atoms with E-state index < -0.39 is 0 Å². The summed E-state index contributed by atoms with van der Waals surface area (Å²) in [4.78, 5) is 0. The maximum atomic E-state index is 4.97. The van der Waals surface area contributed by atoms with E-state index in [0.29, 0.717) is 0 Å². The molecule has 0 N–H and O–H groups in total. The summed E-state index contributed by atoms with van der Waals surface area (Å²) < 4.78 is 1.94. The zero-order valence-electron chi connectivity index (χ0n) is 3.33. The van der Waals surface area contributed by atoms with Gasteiger partial charge in [0.2, 0.25) is 0 Å². The monoisotopic (exact) mass is 155 g/mol. The Labute approximate surface area is 59.4 Å². The summed E-state index contributed by atoms with van der Waals surface area (Å²) in [6.07, 6.45) is 2.50. The molecule has 0 bridgehead atoms. The van der Waals surface area contributed by atoms with Crippen LogP contribution in [0.5, 0.6) is 0 Å². The van der Waals surface area contributed by atoms with Gasteiger partial charge in [0.1, 0.15) is 0 Å². The Morgan fingerprint density at radius 1 is 1.67 bits per heavy atom. The second-order valence-corrected chi connectivity index (χ2v) is 1.22. The minimum atomic E-state index is 0. The summed E-state index contributed by atoms with van der Waals surface area (Å²) in [5.41, 5.74) is 0. The van der Waals surface area contributed by atoms with E-state index in [4.69, 9.17) is 6.58 Å². The Balaban J connectivity index is 0.